The van der Waals surface area contributed by atoms with E-state index in [1.54, 1.807) is 0 Å². The minimum Gasteiger partial charge on any atom is -0.481 e. The molecule has 11 N–H and O–H groups in total. The molecule has 0 saturated carbocycles. The van der Waals surface area contributed by atoms with Crippen LogP contribution in [0.25, 0.3) is 0 Å². The Morgan fingerprint density at radius 3 is 2.00 bits per heavy atom. The van der Waals surface area contributed by atoms with Gasteiger partial charge in [0.25, 0.3) is 0 Å². The number of aliphatic hydroxyl groups excluding tert-OH is 1. The lowest BCUT2D eigenvalue weighted by molar-refractivity contribution is -0.143. The van der Waals surface area contributed by atoms with Gasteiger partial charge in [-0.25, -0.2) is 9.78 Å². The molecule has 182 valence electrons. The molecule has 16 heteroatoms. The summed E-state index contributed by atoms with van der Waals surface area (Å²) in [4.78, 5) is 76.6. The van der Waals surface area contributed by atoms with E-state index in [9.17, 15) is 39.0 Å². The van der Waals surface area contributed by atoms with Crippen LogP contribution in [0.3, 0.4) is 0 Å². The van der Waals surface area contributed by atoms with E-state index in [0.717, 1.165) is 0 Å². The van der Waals surface area contributed by atoms with Crippen LogP contribution in [0, 0.1) is 0 Å². The number of carboxylic acids is 2. The molecule has 4 amide bonds. The molecule has 0 aromatic carbocycles. The van der Waals surface area contributed by atoms with Crippen LogP contribution in [0.15, 0.2) is 12.5 Å². The molecule has 1 heterocycles. The van der Waals surface area contributed by atoms with Crippen LogP contribution >= 0.6 is 0 Å². The summed E-state index contributed by atoms with van der Waals surface area (Å²) in [6.45, 7) is -0.969. The highest BCUT2D eigenvalue weighted by Gasteiger charge is 2.31. The number of carbonyl (C=O) groups is 6. The van der Waals surface area contributed by atoms with Gasteiger partial charge in [0.1, 0.15) is 18.1 Å². The van der Waals surface area contributed by atoms with Crippen molar-refractivity contribution in [1.82, 2.24) is 25.9 Å². The number of nitrogens with zero attached hydrogens (tertiary/aromatic N) is 1. The number of H-pyrrole nitrogens is 1. The number of amides is 4. The molecule has 0 aliphatic rings. The summed E-state index contributed by atoms with van der Waals surface area (Å²) in [5, 5.41) is 34.0. The van der Waals surface area contributed by atoms with Crippen molar-refractivity contribution in [2.45, 2.75) is 43.4 Å². The first-order valence-electron chi connectivity index (χ1n) is 9.42. The predicted molar refractivity (Wildman–Crippen MR) is 107 cm³/mol. The van der Waals surface area contributed by atoms with Crippen LogP contribution in [0.2, 0.25) is 0 Å². The molecule has 1 aromatic rings. The fraction of sp³-hybridized carbons (Fsp3) is 0.471. The standard InChI is InChI=1S/C17H25N7O9/c18-8(2-12(19)26)14(29)22-9(3-13(27)28)15(30)24-11(5-25)16(31)23-10(17(32)33)1-7-4-20-6-21-7/h4,6,8-11,25H,1-3,5,18H2,(H2,19,26)(H,20,21)(H,22,29)(H,23,31)(H,24,30)(H,27,28)(H,32,33). The van der Waals surface area contributed by atoms with E-state index < -0.39 is 79.2 Å². The van der Waals surface area contributed by atoms with E-state index in [-0.39, 0.29) is 6.42 Å². The molecule has 4 unspecified atom stereocenters. The summed E-state index contributed by atoms with van der Waals surface area (Å²) < 4.78 is 0. The quantitative estimate of drug-likeness (QED) is 0.124. The van der Waals surface area contributed by atoms with Crippen LogP contribution in [0.5, 0.6) is 0 Å². The van der Waals surface area contributed by atoms with Crippen LogP contribution in [0.1, 0.15) is 18.5 Å². The third-order valence-corrected chi connectivity index (χ3v) is 4.18. The van der Waals surface area contributed by atoms with E-state index in [1.807, 2.05) is 10.6 Å². The highest BCUT2D eigenvalue weighted by Crippen LogP contribution is 2.01. The molecule has 4 atom stereocenters. The Hall–Kier alpha value is -4.05. The highest BCUT2D eigenvalue weighted by molar-refractivity contribution is 5.96. The number of aliphatic hydroxyl groups is 1. The van der Waals surface area contributed by atoms with Gasteiger partial charge < -0.3 is 47.7 Å². The van der Waals surface area contributed by atoms with Gasteiger partial charge in [0.2, 0.25) is 23.6 Å². The number of aromatic nitrogens is 2. The Morgan fingerprint density at radius 2 is 1.52 bits per heavy atom. The Labute approximate surface area is 186 Å². The maximum absolute atomic E-state index is 12.5. The SMILES string of the molecule is NC(=O)CC(N)C(=O)NC(CC(=O)O)C(=O)NC(CO)C(=O)NC(Cc1cnc[nH]1)C(=O)O. The predicted octanol–water partition coefficient (Wildman–Crippen LogP) is -4.84. The maximum atomic E-state index is 12.5. The molecule has 0 aliphatic heterocycles. The van der Waals surface area contributed by atoms with Gasteiger partial charge in [-0.3, -0.25) is 24.0 Å². The second-order valence-electron chi connectivity index (χ2n) is 6.86. The minimum atomic E-state index is -1.73. The van der Waals surface area contributed by atoms with Crippen LogP contribution < -0.4 is 27.4 Å². The fourth-order valence-electron chi connectivity index (χ4n) is 2.53. The van der Waals surface area contributed by atoms with E-state index in [4.69, 9.17) is 16.6 Å². The number of carboxylic acid groups (broad SMARTS) is 2. The van der Waals surface area contributed by atoms with Crippen molar-refractivity contribution >= 4 is 35.6 Å². The second-order valence-corrected chi connectivity index (χ2v) is 6.86. The summed E-state index contributed by atoms with van der Waals surface area (Å²) in [6, 6.07) is -6.29. The normalized spacial score (nSPS) is 14.2. The van der Waals surface area contributed by atoms with Crippen molar-refractivity contribution < 1.29 is 44.1 Å². The van der Waals surface area contributed by atoms with Gasteiger partial charge in [-0.1, -0.05) is 0 Å². The van der Waals surface area contributed by atoms with Crippen LogP contribution in [-0.4, -0.2) is 91.6 Å². The summed E-state index contributed by atoms with van der Waals surface area (Å²) in [6.07, 6.45) is 0.983. The number of rotatable bonds is 14. The average Bonchev–Trinajstić information content (AvgIpc) is 3.22. The monoisotopic (exact) mass is 471 g/mol. The number of primary amides is 1. The molecule has 33 heavy (non-hydrogen) atoms. The number of imidazole rings is 1. The van der Waals surface area contributed by atoms with E-state index in [1.165, 1.54) is 12.5 Å². The first-order chi connectivity index (χ1) is 15.4. The largest absolute Gasteiger partial charge is 0.481 e. The fourth-order valence-corrected chi connectivity index (χ4v) is 2.53. The zero-order valence-corrected chi connectivity index (χ0v) is 17.2. The Kier molecular flexibility index (Phi) is 10.4. The molecular weight excluding hydrogens is 446 g/mol. The van der Waals surface area contributed by atoms with Gasteiger partial charge in [0.15, 0.2) is 0 Å². The first-order valence-corrected chi connectivity index (χ1v) is 9.42. The number of hydrogen-bond donors (Lipinski definition) is 9. The van der Waals surface area contributed by atoms with Crippen molar-refractivity contribution in [2.24, 2.45) is 11.5 Å². The molecule has 16 nitrogen and oxygen atoms in total. The van der Waals surface area contributed by atoms with E-state index >= 15 is 0 Å². The van der Waals surface area contributed by atoms with Gasteiger partial charge in [-0.05, 0) is 0 Å². The summed E-state index contributed by atoms with van der Waals surface area (Å²) in [5.41, 5.74) is 10.8. The van der Waals surface area contributed by atoms with Crippen molar-refractivity contribution in [1.29, 1.82) is 0 Å². The Balaban J connectivity index is 2.85. The second kappa shape index (κ2) is 12.7. The maximum Gasteiger partial charge on any atom is 0.326 e. The summed E-state index contributed by atoms with van der Waals surface area (Å²) in [5.74, 6) is -7.10. The van der Waals surface area contributed by atoms with Gasteiger partial charge in [-0.2, -0.15) is 0 Å². The zero-order valence-electron chi connectivity index (χ0n) is 17.2. The summed E-state index contributed by atoms with van der Waals surface area (Å²) >= 11 is 0. The third-order valence-electron chi connectivity index (χ3n) is 4.18. The molecular formula is C17H25N7O9. The van der Waals surface area contributed by atoms with Crippen molar-refractivity contribution in [2.75, 3.05) is 6.61 Å². The molecule has 1 aromatic heterocycles. The molecule has 0 fully saturated rings. The molecule has 0 radical (unpaired) electrons. The minimum absolute atomic E-state index is 0.178. The van der Waals surface area contributed by atoms with Gasteiger partial charge in [0.05, 0.1) is 31.8 Å². The highest BCUT2D eigenvalue weighted by atomic mass is 16.4. The van der Waals surface area contributed by atoms with Crippen molar-refractivity contribution in [3.63, 3.8) is 0 Å². The van der Waals surface area contributed by atoms with Crippen molar-refractivity contribution in [3.05, 3.63) is 18.2 Å². The average molecular weight is 471 g/mol. The van der Waals surface area contributed by atoms with E-state index in [0.29, 0.717) is 5.69 Å². The van der Waals surface area contributed by atoms with Gasteiger partial charge >= 0.3 is 11.9 Å². The number of carbonyl (C=O) groups excluding carboxylic acids is 4. The molecule has 0 saturated heterocycles. The van der Waals surface area contributed by atoms with Gasteiger partial charge in [0, 0.05) is 18.3 Å². The van der Waals surface area contributed by atoms with E-state index in [2.05, 4.69) is 15.3 Å². The lowest BCUT2D eigenvalue weighted by Crippen LogP contribution is -2.58. The lowest BCUT2D eigenvalue weighted by Gasteiger charge is -2.23. The Morgan fingerprint density at radius 1 is 0.939 bits per heavy atom. The molecule has 0 spiro atoms. The molecule has 1 rings (SSSR count). The van der Waals surface area contributed by atoms with Crippen LogP contribution in [0.4, 0.5) is 0 Å². The number of nitrogens with one attached hydrogen (secondary N) is 4. The first kappa shape index (κ1) is 27.0. The lowest BCUT2D eigenvalue weighted by atomic mass is 10.1. The molecule has 0 aliphatic carbocycles. The van der Waals surface area contributed by atoms with Gasteiger partial charge in [-0.15, -0.1) is 0 Å². The smallest absolute Gasteiger partial charge is 0.326 e. The molecule has 0 bridgehead atoms. The zero-order chi connectivity index (χ0) is 25.1. The number of nitrogens with two attached hydrogens (primary N) is 2. The number of aromatic amines is 1. The Bertz CT molecular complexity index is 874. The topological polar surface area (TPSA) is 280 Å². The van der Waals surface area contributed by atoms with Crippen LogP contribution in [-0.2, 0) is 35.2 Å². The summed E-state index contributed by atoms with van der Waals surface area (Å²) in [7, 11) is 0. The van der Waals surface area contributed by atoms with Crippen molar-refractivity contribution in [3.8, 4) is 0 Å². The number of hydrogen-bond acceptors (Lipinski definition) is 9. The number of aliphatic carboxylic acids is 2. The third kappa shape index (κ3) is 9.32.